The molecule has 0 fully saturated rings. The summed E-state index contributed by atoms with van der Waals surface area (Å²) in [4.78, 5) is 23.6. The summed E-state index contributed by atoms with van der Waals surface area (Å²) in [5, 5.41) is 9.08. The van der Waals surface area contributed by atoms with Crippen molar-refractivity contribution in [2.75, 3.05) is 20.2 Å². The van der Waals surface area contributed by atoms with Crippen LogP contribution in [0.2, 0.25) is 5.02 Å². The van der Waals surface area contributed by atoms with Crippen LogP contribution in [0.25, 0.3) is 0 Å². The van der Waals surface area contributed by atoms with E-state index in [2.05, 4.69) is 0 Å². The van der Waals surface area contributed by atoms with Crippen molar-refractivity contribution < 1.29 is 19.4 Å². The lowest BCUT2D eigenvalue weighted by Crippen LogP contribution is -2.33. The van der Waals surface area contributed by atoms with Gasteiger partial charge in [0.05, 0.1) is 18.1 Å². The van der Waals surface area contributed by atoms with Gasteiger partial charge in [-0.1, -0.05) is 23.7 Å². The fourth-order valence-electron chi connectivity index (χ4n) is 1.59. The zero-order valence-electron chi connectivity index (χ0n) is 10.9. The number of halogens is 1. The van der Waals surface area contributed by atoms with Gasteiger partial charge in [0.15, 0.2) is 0 Å². The standard InChI is InChI=1S/C13H16ClNO4/c1-3-19-13-9(5-4-6-10(13)14)7-11(16)15(2)8-12(17)18/h4-6H,3,7-8H2,1-2H3,(H,17,18). The average molecular weight is 286 g/mol. The van der Waals surface area contributed by atoms with E-state index in [9.17, 15) is 9.59 Å². The van der Waals surface area contributed by atoms with E-state index >= 15 is 0 Å². The molecule has 1 aromatic rings. The molecule has 0 saturated heterocycles. The Morgan fingerprint density at radius 1 is 1.42 bits per heavy atom. The Hall–Kier alpha value is -1.75. The number of amides is 1. The number of ether oxygens (including phenoxy) is 1. The van der Waals surface area contributed by atoms with E-state index < -0.39 is 5.97 Å². The molecule has 0 aliphatic heterocycles. The number of carboxylic acids is 1. The molecule has 0 saturated carbocycles. The summed E-state index contributed by atoms with van der Waals surface area (Å²) < 4.78 is 5.41. The predicted molar refractivity (Wildman–Crippen MR) is 71.6 cm³/mol. The summed E-state index contributed by atoms with van der Waals surface area (Å²) >= 11 is 6.01. The smallest absolute Gasteiger partial charge is 0.323 e. The first kappa shape index (κ1) is 15.3. The summed E-state index contributed by atoms with van der Waals surface area (Å²) in [5.41, 5.74) is 0.650. The summed E-state index contributed by atoms with van der Waals surface area (Å²) in [7, 11) is 1.45. The number of carboxylic acid groups (broad SMARTS) is 1. The number of rotatable bonds is 6. The number of likely N-dealkylation sites (N-methyl/N-ethyl adjacent to an activating group) is 1. The van der Waals surface area contributed by atoms with Gasteiger partial charge >= 0.3 is 5.97 Å². The van der Waals surface area contributed by atoms with E-state index in [1.807, 2.05) is 6.92 Å². The van der Waals surface area contributed by atoms with Gasteiger partial charge in [0.2, 0.25) is 5.91 Å². The van der Waals surface area contributed by atoms with Crippen molar-refractivity contribution in [2.45, 2.75) is 13.3 Å². The van der Waals surface area contributed by atoms with Crippen molar-refractivity contribution in [1.82, 2.24) is 4.90 Å². The maximum Gasteiger partial charge on any atom is 0.323 e. The first-order chi connectivity index (χ1) is 8.95. The molecule has 0 atom stereocenters. The minimum atomic E-state index is -1.05. The van der Waals surface area contributed by atoms with Crippen LogP contribution in [0, 0.1) is 0 Å². The van der Waals surface area contributed by atoms with Gasteiger partial charge in [-0.2, -0.15) is 0 Å². The first-order valence-electron chi connectivity index (χ1n) is 5.81. The average Bonchev–Trinajstić information content (AvgIpc) is 2.32. The molecule has 0 aliphatic rings. The van der Waals surface area contributed by atoms with Crippen LogP contribution in [0.3, 0.4) is 0 Å². The number of carbonyl (C=O) groups excluding carboxylic acids is 1. The molecule has 1 amide bonds. The minimum absolute atomic E-state index is 0.0552. The molecule has 0 unspecified atom stereocenters. The molecular formula is C13H16ClNO4. The Balaban J connectivity index is 2.84. The second-order valence-corrected chi connectivity index (χ2v) is 4.39. The molecule has 5 nitrogen and oxygen atoms in total. The summed E-state index contributed by atoms with van der Waals surface area (Å²) in [6, 6.07) is 5.15. The third-order valence-electron chi connectivity index (χ3n) is 2.48. The highest BCUT2D eigenvalue weighted by molar-refractivity contribution is 6.32. The van der Waals surface area contributed by atoms with Gasteiger partial charge in [-0.05, 0) is 13.0 Å². The molecule has 6 heteroatoms. The van der Waals surface area contributed by atoms with Gasteiger partial charge in [-0.25, -0.2) is 0 Å². The Morgan fingerprint density at radius 2 is 2.11 bits per heavy atom. The molecule has 104 valence electrons. The molecule has 1 rings (SSSR count). The van der Waals surface area contributed by atoms with Crippen molar-refractivity contribution >= 4 is 23.5 Å². The lowest BCUT2D eigenvalue weighted by Gasteiger charge is -2.16. The fraction of sp³-hybridized carbons (Fsp3) is 0.385. The molecule has 19 heavy (non-hydrogen) atoms. The second-order valence-electron chi connectivity index (χ2n) is 3.98. The van der Waals surface area contributed by atoms with Crippen molar-refractivity contribution in [2.24, 2.45) is 0 Å². The summed E-state index contributed by atoms with van der Waals surface area (Å²) in [5.74, 6) is -0.874. The highest BCUT2D eigenvalue weighted by Gasteiger charge is 2.16. The minimum Gasteiger partial charge on any atom is -0.492 e. The monoisotopic (exact) mass is 285 g/mol. The largest absolute Gasteiger partial charge is 0.492 e. The highest BCUT2D eigenvalue weighted by atomic mass is 35.5. The van der Waals surface area contributed by atoms with E-state index in [4.69, 9.17) is 21.4 Å². The van der Waals surface area contributed by atoms with E-state index in [-0.39, 0.29) is 18.9 Å². The molecule has 0 heterocycles. The summed E-state index contributed by atoms with van der Waals surface area (Å²) in [6.45, 7) is 1.94. The van der Waals surface area contributed by atoms with Crippen LogP contribution >= 0.6 is 11.6 Å². The third kappa shape index (κ3) is 4.44. The van der Waals surface area contributed by atoms with Gasteiger partial charge < -0.3 is 14.7 Å². The van der Waals surface area contributed by atoms with E-state index in [1.165, 1.54) is 7.05 Å². The second kappa shape index (κ2) is 6.99. The molecule has 0 aromatic heterocycles. The van der Waals surface area contributed by atoms with Crippen molar-refractivity contribution in [3.63, 3.8) is 0 Å². The number of para-hydroxylation sites is 1. The lowest BCUT2D eigenvalue weighted by atomic mass is 10.1. The number of benzene rings is 1. The summed E-state index contributed by atoms with van der Waals surface area (Å²) in [6.07, 6.45) is 0.0552. The molecule has 0 aliphatic carbocycles. The zero-order chi connectivity index (χ0) is 14.4. The number of hydrogen-bond donors (Lipinski definition) is 1. The van der Waals surface area contributed by atoms with Crippen LogP contribution in [0.15, 0.2) is 18.2 Å². The van der Waals surface area contributed by atoms with Gasteiger partial charge in [0.25, 0.3) is 0 Å². The lowest BCUT2D eigenvalue weighted by molar-refractivity contribution is -0.143. The normalized spacial score (nSPS) is 10.1. The molecule has 1 N–H and O–H groups in total. The van der Waals surface area contributed by atoms with Crippen molar-refractivity contribution in [3.8, 4) is 5.75 Å². The number of carbonyl (C=O) groups is 2. The van der Waals surface area contributed by atoms with Gasteiger partial charge in [0.1, 0.15) is 12.3 Å². The Kier molecular flexibility index (Phi) is 5.63. The van der Waals surface area contributed by atoms with Crippen LogP contribution in [-0.2, 0) is 16.0 Å². The first-order valence-corrected chi connectivity index (χ1v) is 6.19. The predicted octanol–water partition coefficient (Wildman–Crippen LogP) is 1.82. The van der Waals surface area contributed by atoms with Crippen molar-refractivity contribution in [3.05, 3.63) is 28.8 Å². The third-order valence-corrected chi connectivity index (χ3v) is 2.77. The Labute approximate surface area is 116 Å². The van der Waals surface area contributed by atoms with Crippen LogP contribution in [0.4, 0.5) is 0 Å². The van der Waals surface area contributed by atoms with Crippen LogP contribution in [-0.4, -0.2) is 42.1 Å². The molecule has 0 bridgehead atoms. The number of hydrogen-bond acceptors (Lipinski definition) is 3. The molecular weight excluding hydrogens is 270 g/mol. The molecule has 0 spiro atoms. The van der Waals surface area contributed by atoms with E-state index in [1.54, 1.807) is 18.2 Å². The number of nitrogens with zero attached hydrogens (tertiary/aromatic N) is 1. The van der Waals surface area contributed by atoms with E-state index in [0.29, 0.717) is 22.9 Å². The topological polar surface area (TPSA) is 66.8 Å². The maximum atomic E-state index is 11.9. The number of aliphatic carboxylic acids is 1. The highest BCUT2D eigenvalue weighted by Crippen LogP contribution is 2.29. The Morgan fingerprint density at radius 3 is 2.68 bits per heavy atom. The van der Waals surface area contributed by atoms with Crippen LogP contribution in [0.1, 0.15) is 12.5 Å². The SMILES string of the molecule is CCOc1c(Cl)cccc1CC(=O)N(C)CC(=O)O. The quantitative estimate of drug-likeness (QED) is 0.866. The van der Waals surface area contributed by atoms with Gasteiger partial charge in [-0.3, -0.25) is 9.59 Å². The van der Waals surface area contributed by atoms with Gasteiger partial charge in [0, 0.05) is 12.6 Å². The molecule has 0 radical (unpaired) electrons. The zero-order valence-corrected chi connectivity index (χ0v) is 11.6. The Bertz CT molecular complexity index is 476. The van der Waals surface area contributed by atoms with Crippen LogP contribution in [0.5, 0.6) is 5.75 Å². The van der Waals surface area contributed by atoms with Crippen LogP contribution < -0.4 is 4.74 Å². The van der Waals surface area contributed by atoms with Gasteiger partial charge in [-0.15, -0.1) is 0 Å². The molecule has 1 aromatic carbocycles. The van der Waals surface area contributed by atoms with Crippen molar-refractivity contribution in [1.29, 1.82) is 0 Å². The fourth-order valence-corrected chi connectivity index (χ4v) is 1.84. The maximum absolute atomic E-state index is 11.9. The van der Waals surface area contributed by atoms with E-state index in [0.717, 1.165) is 4.90 Å².